The van der Waals surface area contributed by atoms with Crippen molar-refractivity contribution in [3.05, 3.63) is 0 Å². The summed E-state index contributed by atoms with van der Waals surface area (Å²) in [6, 6.07) is 0. The van der Waals surface area contributed by atoms with Crippen molar-refractivity contribution >= 4 is 11.8 Å². The second-order valence-corrected chi connectivity index (χ2v) is 4.76. The van der Waals surface area contributed by atoms with Crippen LogP contribution in [0, 0.1) is 0 Å². The Bertz CT molecular complexity index is 366. The third-order valence-electron chi connectivity index (χ3n) is 2.65. The lowest BCUT2D eigenvalue weighted by Crippen LogP contribution is -2.42. The van der Waals surface area contributed by atoms with Gasteiger partial charge in [0.2, 0.25) is 0 Å². The fraction of sp³-hybridized carbons (Fsp3) is 0.833. The van der Waals surface area contributed by atoms with Gasteiger partial charge in [-0.2, -0.15) is 26.3 Å². The van der Waals surface area contributed by atoms with Crippen LogP contribution in [0.15, 0.2) is 0 Å². The molecular weight excluding hydrogens is 360 g/mol. The maximum Gasteiger partial charge on any atom is 0.471 e. The molecule has 0 atom stereocenters. The lowest BCUT2D eigenvalue weighted by atomic mass is 10.5. The van der Waals surface area contributed by atoms with Crippen LogP contribution < -0.4 is 26.6 Å². The second-order valence-electron chi connectivity index (χ2n) is 4.76. The molecule has 7 nitrogen and oxygen atoms in total. The lowest BCUT2D eigenvalue weighted by Gasteiger charge is -2.10. The SMILES string of the molecule is O=C(NCCNCCNCCNCCNC(=O)C(F)(F)F)C(F)(F)F. The number of rotatable bonds is 12. The van der Waals surface area contributed by atoms with Crippen LogP contribution in [-0.4, -0.2) is 76.5 Å². The monoisotopic (exact) mass is 381 g/mol. The summed E-state index contributed by atoms with van der Waals surface area (Å²) in [5.41, 5.74) is 0. The van der Waals surface area contributed by atoms with E-state index in [2.05, 4.69) is 16.0 Å². The highest BCUT2D eigenvalue weighted by atomic mass is 19.4. The van der Waals surface area contributed by atoms with Crippen molar-refractivity contribution in [1.29, 1.82) is 0 Å². The predicted molar refractivity (Wildman–Crippen MR) is 76.7 cm³/mol. The molecule has 0 aliphatic heterocycles. The molecular formula is C12H21F6N5O2. The molecule has 0 saturated heterocycles. The molecule has 0 radical (unpaired) electrons. The van der Waals surface area contributed by atoms with Gasteiger partial charge < -0.3 is 26.6 Å². The van der Waals surface area contributed by atoms with E-state index in [1.807, 2.05) is 0 Å². The van der Waals surface area contributed by atoms with Gasteiger partial charge in [-0.15, -0.1) is 0 Å². The maximum atomic E-state index is 11.8. The molecule has 0 aliphatic rings. The van der Waals surface area contributed by atoms with Crippen molar-refractivity contribution in [3.63, 3.8) is 0 Å². The number of carbonyl (C=O) groups is 2. The molecule has 0 spiro atoms. The zero-order chi connectivity index (χ0) is 19.3. The molecule has 0 fully saturated rings. The molecule has 0 rings (SSSR count). The highest BCUT2D eigenvalue weighted by Crippen LogP contribution is 2.14. The zero-order valence-electron chi connectivity index (χ0n) is 13.2. The van der Waals surface area contributed by atoms with Crippen molar-refractivity contribution in [2.45, 2.75) is 12.4 Å². The smallest absolute Gasteiger partial charge is 0.347 e. The standard InChI is InChI=1S/C12H21F6N5O2/c13-11(14,15)9(24)22-7-5-20-3-1-19-2-4-21-6-8-23-10(25)12(16,17)18/h19-21H,1-8H2,(H,22,24)(H,23,25). The van der Waals surface area contributed by atoms with E-state index < -0.39 is 24.2 Å². The molecule has 0 aromatic carbocycles. The molecule has 0 aliphatic carbocycles. The van der Waals surface area contributed by atoms with Crippen LogP contribution in [0.25, 0.3) is 0 Å². The first kappa shape index (κ1) is 23.4. The Balaban J connectivity index is 3.30. The van der Waals surface area contributed by atoms with E-state index in [9.17, 15) is 35.9 Å². The Morgan fingerprint density at radius 3 is 1.00 bits per heavy atom. The summed E-state index contributed by atoms with van der Waals surface area (Å²) >= 11 is 0. The fourth-order valence-corrected chi connectivity index (χ4v) is 1.46. The third-order valence-corrected chi connectivity index (χ3v) is 2.65. The van der Waals surface area contributed by atoms with Gasteiger partial charge in [0.05, 0.1) is 0 Å². The van der Waals surface area contributed by atoms with Gasteiger partial charge in [0.25, 0.3) is 0 Å². The Hall–Kier alpha value is -1.60. The summed E-state index contributed by atoms with van der Waals surface area (Å²) in [5.74, 6) is -3.96. The molecule has 25 heavy (non-hydrogen) atoms. The number of carbonyl (C=O) groups excluding carboxylic acids is 2. The number of hydrogen-bond acceptors (Lipinski definition) is 5. The van der Waals surface area contributed by atoms with Crippen LogP contribution in [0.4, 0.5) is 26.3 Å². The summed E-state index contributed by atoms with van der Waals surface area (Å²) in [6.45, 7) is 2.01. The van der Waals surface area contributed by atoms with Crippen molar-refractivity contribution in [2.75, 3.05) is 52.4 Å². The molecule has 0 unspecified atom stereocenters. The van der Waals surface area contributed by atoms with Gasteiger partial charge in [-0.05, 0) is 0 Å². The van der Waals surface area contributed by atoms with Gasteiger partial charge in [0.15, 0.2) is 0 Å². The molecule has 5 N–H and O–H groups in total. The van der Waals surface area contributed by atoms with E-state index in [1.54, 1.807) is 10.6 Å². The van der Waals surface area contributed by atoms with Crippen molar-refractivity contribution in [2.24, 2.45) is 0 Å². The molecule has 0 heterocycles. The number of hydrogen-bond donors (Lipinski definition) is 5. The summed E-state index contributed by atoms with van der Waals surface area (Å²) in [6.07, 6.45) is -9.77. The predicted octanol–water partition coefficient (Wildman–Crippen LogP) is -0.888. The number of amides is 2. The summed E-state index contributed by atoms with van der Waals surface area (Å²) < 4.78 is 71.1. The maximum absolute atomic E-state index is 11.8. The van der Waals surface area contributed by atoms with E-state index in [4.69, 9.17) is 0 Å². The van der Waals surface area contributed by atoms with Crippen molar-refractivity contribution in [1.82, 2.24) is 26.6 Å². The van der Waals surface area contributed by atoms with Crippen LogP contribution in [0.1, 0.15) is 0 Å². The molecule has 0 aromatic heterocycles. The summed E-state index contributed by atoms with van der Waals surface area (Å²) in [5, 5.41) is 12.0. The van der Waals surface area contributed by atoms with Gasteiger partial charge in [-0.3, -0.25) is 9.59 Å². The van der Waals surface area contributed by atoms with E-state index in [1.165, 1.54) is 0 Å². The van der Waals surface area contributed by atoms with Crippen LogP contribution >= 0.6 is 0 Å². The fourth-order valence-electron chi connectivity index (χ4n) is 1.46. The topological polar surface area (TPSA) is 94.3 Å². The average molecular weight is 381 g/mol. The lowest BCUT2D eigenvalue weighted by molar-refractivity contribution is -0.173. The molecule has 0 aromatic rings. The number of nitrogens with one attached hydrogen (secondary N) is 5. The number of halogens is 6. The minimum atomic E-state index is -4.88. The first-order chi connectivity index (χ1) is 11.5. The molecule has 148 valence electrons. The van der Waals surface area contributed by atoms with E-state index >= 15 is 0 Å². The van der Waals surface area contributed by atoms with Gasteiger partial charge in [-0.25, -0.2) is 0 Å². The summed E-state index contributed by atoms with van der Waals surface area (Å²) in [7, 11) is 0. The molecule has 13 heteroatoms. The van der Waals surface area contributed by atoms with Crippen molar-refractivity contribution < 1.29 is 35.9 Å². The molecule has 0 bridgehead atoms. The second kappa shape index (κ2) is 11.9. The highest BCUT2D eigenvalue weighted by molar-refractivity contribution is 5.81. The number of alkyl halides is 6. The van der Waals surface area contributed by atoms with Gasteiger partial charge >= 0.3 is 24.2 Å². The van der Waals surface area contributed by atoms with Crippen LogP contribution in [0.5, 0.6) is 0 Å². The largest absolute Gasteiger partial charge is 0.471 e. The van der Waals surface area contributed by atoms with E-state index in [0.717, 1.165) is 0 Å². The Labute approximate surface area is 140 Å². The Morgan fingerprint density at radius 1 is 0.520 bits per heavy atom. The van der Waals surface area contributed by atoms with Crippen LogP contribution in [0.2, 0.25) is 0 Å². The molecule has 0 saturated carbocycles. The third kappa shape index (κ3) is 13.4. The normalized spacial score (nSPS) is 12.1. The quantitative estimate of drug-likeness (QED) is 0.224. The van der Waals surface area contributed by atoms with Gasteiger partial charge in [-0.1, -0.05) is 0 Å². The van der Waals surface area contributed by atoms with E-state index in [-0.39, 0.29) is 26.2 Å². The Morgan fingerprint density at radius 2 is 0.760 bits per heavy atom. The first-order valence-corrected chi connectivity index (χ1v) is 7.37. The van der Waals surface area contributed by atoms with Gasteiger partial charge in [0, 0.05) is 52.4 Å². The van der Waals surface area contributed by atoms with Gasteiger partial charge in [0.1, 0.15) is 0 Å². The Kier molecular flexibility index (Phi) is 11.1. The summed E-state index contributed by atoms with van der Waals surface area (Å²) in [4.78, 5) is 20.9. The first-order valence-electron chi connectivity index (χ1n) is 7.37. The van der Waals surface area contributed by atoms with Crippen LogP contribution in [0.3, 0.4) is 0 Å². The minimum Gasteiger partial charge on any atom is -0.347 e. The van der Waals surface area contributed by atoms with Crippen molar-refractivity contribution in [3.8, 4) is 0 Å². The van der Waals surface area contributed by atoms with E-state index in [0.29, 0.717) is 26.2 Å². The molecule has 2 amide bonds. The van der Waals surface area contributed by atoms with Crippen LogP contribution in [-0.2, 0) is 9.59 Å². The average Bonchev–Trinajstić information content (AvgIpc) is 2.49. The highest BCUT2D eigenvalue weighted by Gasteiger charge is 2.38. The zero-order valence-corrected chi connectivity index (χ0v) is 13.2. The minimum absolute atomic E-state index is 0.149.